The van der Waals surface area contributed by atoms with Crippen LogP contribution in [0.5, 0.6) is 5.75 Å². The summed E-state index contributed by atoms with van der Waals surface area (Å²) < 4.78 is 33.1. The van der Waals surface area contributed by atoms with Crippen molar-refractivity contribution in [2.75, 3.05) is 19.7 Å². The maximum absolute atomic E-state index is 12.9. The van der Waals surface area contributed by atoms with Gasteiger partial charge in [-0.15, -0.1) is 0 Å². The highest BCUT2D eigenvalue weighted by molar-refractivity contribution is 7.89. The lowest BCUT2D eigenvalue weighted by Gasteiger charge is -2.29. The Hall–Kier alpha value is -2.38. The quantitative estimate of drug-likeness (QED) is 0.728. The minimum Gasteiger partial charge on any atom is -0.491 e. The summed E-state index contributed by atoms with van der Waals surface area (Å²) in [6.07, 6.45) is 1.72. The van der Waals surface area contributed by atoms with E-state index in [0.29, 0.717) is 31.2 Å². The third-order valence-electron chi connectivity index (χ3n) is 5.38. The second kappa shape index (κ2) is 9.62. The van der Waals surface area contributed by atoms with E-state index in [9.17, 15) is 13.2 Å². The Balaban J connectivity index is 1.61. The van der Waals surface area contributed by atoms with Crippen LogP contribution in [0.15, 0.2) is 53.4 Å². The van der Waals surface area contributed by atoms with E-state index in [0.717, 1.165) is 24.2 Å². The molecular formula is C23H30N2O4S. The largest absolute Gasteiger partial charge is 0.491 e. The van der Waals surface area contributed by atoms with Crippen LogP contribution in [0.3, 0.4) is 0 Å². The zero-order valence-electron chi connectivity index (χ0n) is 17.8. The second-order valence-corrected chi connectivity index (χ2v) is 10.1. The first-order valence-corrected chi connectivity index (χ1v) is 11.8. The molecule has 162 valence electrons. The minimum atomic E-state index is -3.59. The number of carbonyl (C=O) groups is 1. The normalized spacial score (nSPS) is 16.8. The first-order valence-electron chi connectivity index (χ1n) is 10.4. The number of aryl methyl sites for hydroxylation is 1. The van der Waals surface area contributed by atoms with Crippen LogP contribution in [0.2, 0.25) is 0 Å². The third-order valence-corrected chi connectivity index (χ3v) is 7.27. The third kappa shape index (κ3) is 5.61. The number of nitrogens with zero attached hydrogens (tertiary/aromatic N) is 1. The monoisotopic (exact) mass is 430 g/mol. The Kier molecular flexibility index (Phi) is 7.15. The van der Waals surface area contributed by atoms with Gasteiger partial charge in [0.05, 0.1) is 10.9 Å². The Labute approximate surface area is 179 Å². The van der Waals surface area contributed by atoms with E-state index in [2.05, 4.69) is 12.2 Å². The Morgan fingerprint density at radius 3 is 2.50 bits per heavy atom. The SMILES string of the molecule is Cc1ccc(OCC(C)NC(=O)c2cccc(S(=O)(=O)N3CCC(C)CC3)c2)cc1. The highest BCUT2D eigenvalue weighted by Gasteiger charge is 2.28. The van der Waals surface area contributed by atoms with Crippen molar-refractivity contribution in [1.82, 2.24) is 9.62 Å². The summed E-state index contributed by atoms with van der Waals surface area (Å²) in [5, 5.41) is 2.87. The molecule has 6 nitrogen and oxygen atoms in total. The van der Waals surface area contributed by atoms with Gasteiger partial charge in [0.1, 0.15) is 12.4 Å². The molecule has 0 bridgehead atoms. The zero-order chi connectivity index (χ0) is 21.7. The van der Waals surface area contributed by atoms with Gasteiger partial charge in [0.2, 0.25) is 10.0 Å². The minimum absolute atomic E-state index is 0.160. The average Bonchev–Trinajstić information content (AvgIpc) is 2.74. The zero-order valence-corrected chi connectivity index (χ0v) is 18.6. The molecule has 1 unspecified atom stereocenters. The van der Waals surface area contributed by atoms with Crippen molar-refractivity contribution in [1.29, 1.82) is 0 Å². The second-order valence-electron chi connectivity index (χ2n) is 8.11. The highest BCUT2D eigenvalue weighted by Crippen LogP contribution is 2.24. The van der Waals surface area contributed by atoms with Gasteiger partial charge in [0.25, 0.3) is 5.91 Å². The molecule has 1 amide bonds. The number of piperidine rings is 1. The van der Waals surface area contributed by atoms with Gasteiger partial charge in [-0.3, -0.25) is 4.79 Å². The Bertz CT molecular complexity index is 965. The number of hydrogen-bond acceptors (Lipinski definition) is 4. The standard InChI is InChI=1S/C23H30N2O4S/c1-17-7-9-21(10-8-17)29-16-19(3)24-23(26)20-5-4-6-22(15-20)30(27,28)25-13-11-18(2)12-14-25/h4-10,15,18-19H,11-14,16H2,1-3H3,(H,24,26). The van der Waals surface area contributed by atoms with Crippen LogP contribution in [0, 0.1) is 12.8 Å². The molecule has 1 fully saturated rings. The fraction of sp³-hybridized carbons (Fsp3) is 0.435. The van der Waals surface area contributed by atoms with Gasteiger partial charge in [-0.2, -0.15) is 4.31 Å². The smallest absolute Gasteiger partial charge is 0.251 e. The number of carbonyl (C=O) groups excluding carboxylic acids is 1. The fourth-order valence-corrected chi connectivity index (χ4v) is 4.89. The lowest BCUT2D eigenvalue weighted by Crippen LogP contribution is -2.38. The summed E-state index contributed by atoms with van der Waals surface area (Å²) in [6, 6.07) is 13.7. The van der Waals surface area contributed by atoms with Crippen molar-refractivity contribution >= 4 is 15.9 Å². The molecule has 1 aliphatic rings. The van der Waals surface area contributed by atoms with Gasteiger partial charge in [0.15, 0.2) is 0 Å². The number of benzene rings is 2. The molecule has 0 aliphatic carbocycles. The van der Waals surface area contributed by atoms with Crippen molar-refractivity contribution in [2.45, 2.75) is 44.6 Å². The molecule has 1 aliphatic heterocycles. The number of amides is 1. The topological polar surface area (TPSA) is 75.7 Å². The molecule has 1 N–H and O–H groups in total. The summed E-state index contributed by atoms with van der Waals surface area (Å²) in [7, 11) is -3.59. The van der Waals surface area contributed by atoms with Crippen LogP contribution in [-0.4, -0.2) is 44.4 Å². The molecule has 30 heavy (non-hydrogen) atoms. The molecule has 0 saturated carbocycles. The molecule has 0 aromatic heterocycles. The molecule has 0 radical (unpaired) electrons. The van der Waals surface area contributed by atoms with Crippen LogP contribution in [-0.2, 0) is 10.0 Å². The Morgan fingerprint density at radius 2 is 1.83 bits per heavy atom. The molecule has 7 heteroatoms. The number of rotatable bonds is 7. The maximum Gasteiger partial charge on any atom is 0.251 e. The predicted molar refractivity (Wildman–Crippen MR) is 117 cm³/mol. The van der Waals surface area contributed by atoms with Crippen LogP contribution in [0.1, 0.15) is 42.6 Å². The van der Waals surface area contributed by atoms with E-state index in [-0.39, 0.29) is 16.8 Å². The van der Waals surface area contributed by atoms with Crippen molar-refractivity contribution in [3.05, 3.63) is 59.7 Å². The molecular weight excluding hydrogens is 400 g/mol. The molecule has 2 aromatic carbocycles. The van der Waals surface area contributed by atoms with Crippen LogP contribution >= 0.6 is 0 Å². The summed E-state index contributed by atoms with van der Waals surface area (Å²) in [6.45, 7) is 7.35. The van der Waals surface area contributed by atoms with Crippen LogP contribution in [0.4, 0.5) is 0 Å². The van der Waals surface area contributed by atoms with Crippen LogP contribution in [0.25, 0.3) is 0 Å². The number of ether oxygens (including phenoxy) is 1. The van der Waals surface area contributed by atoms with Crippen molar-refractivity contribution in [3.8, 4) is 5.75 Å². The first kappa shape index (κ1) is 22.3. The van der Waals surface area contributed by atoms with Gasteiger partial charge in [-0.05, 0) is 62.9 Å². The number of sulfonamides is 1. The summed E-state index contributed by atoms with van der Waals surface area (Å²) >= 11 is 0. The van der Waals surface area contributed by atoms with Crippen molar-refractivity contribution in [2.24, 2.45) is 5.92 Å². The van der Waals surface area contributed by atoms with Crippen molar-refractivity contribution in [3.63, 3.8) is 0 Å². The summed E-state index contributed by atoms with van der Waals surface area (Å²) in [5.74, 6) is 0.960. The van der Waals surface area contributed by atoms with Crippen molar-refractivity contribution < 1.29 is 17.9 Å². The molecule has 3 rings (SSSR count). The van der Waals surface area contributed by atoms with Gasteiger partial charge >= 0.3 is 0 Å². The van der Waals surface area contributed by atoms with Gasteiger partial charge in [-0.1, -0.05) is 30.7 Å². The summed E-state index contributed by atoms with van der Waals surface area (Å²) in [5.41, 5.74) is 1.47. The first-order chi connectivity index (χ1) is 14.3. The van der Waals surface area contributed by atoms with Gasteiger partial charge < -0.3 is 10.1 Å². The molecule has 1 heterocycles. The van der Waals surface area contributed by atoms with E-state index < -0.39 is 10.0 Å². The van der Waals surface area contributed by atoms with Gasteiger partial charge in [0, 0.05) is 18.7 Å². The highest BCUT2D eigenvalue weighted by atomic mass is 32.2. The predicted octanol–water partition coefficient (Wildman–Crippen LogP) is 3.61. The molecule has 1 saturated heterocycles. The molecule has 2 aromatic rings. The fourth-order valence-electron chi connectivity index (χ4n) is 3.38. The Morgan fingerprint density at radius 1 is 1.17 bits per heavy atom. The lowest BCUT2D eigenvalue weighted by molar-refractivity contribution is 0.0926. The van der Waals surface area contributed by atoms with E-state index in [4.69, 9.17) is 4.74 Å². The van der Waals surface area contributed by atoms with Crippen LogP contribution < -0.4 is 10.1 Å². The van der Waals surface area contributed by atoms with E-state index in [1.54, 1.807) is 18.2 Å². The molecule has 0 spiro atoms. The van der Waals surface area contributed by atoms with E-state index in [1.807, 2.05) is 38.1 Å². The summed E-state index contributed by atoms with van der Waals surface area (Å²) in [4.78, 5) is 12.8. The number of nitrogens with one attached hydrogen (secondary N) is 1. The van der Waals surface area contributed by atoms with Gasteiger partial charge in [-0.25, -0.2) is 8.42 Å². The van der Waals surface area contributed by atoms with E-state index in [1.165, 1.54) is 10.4 Å². The number of hydrogen-bond donors (Lipinski definition) is 1. The van der Waals surface area contributed by atoms with E-state index >= 15 is 0 Å². The molecule has 1 atom stereocenters. The lowest BCUT2D eigenvalue weighted by atomic mass is 10.0. The maximum atomic E-state index is 12.9. The average molecular weight is 431 g/mol.